The van der Waals surface area contributed by atoms with Gasteiger partial charge in [0.15, 0.2) is 0 Å². The predicted octanol–water partition coefficient (Wildman–Crippen LogP) is 2.66. The summed E-state index contributed by atoms with van der Waals surface area (Å²) in [5.74, 6) is 1.40. The molecule has 0 spiro atoms. The molecule has 2 aromatic heterocycles. The van der Waals surface area contributed by atoms with Gasteiger partial charge in [0.05, 0.1) is 30.0 Å². The van der Waals surface area contributed by atoms with E-state index in [0.29, 0.717) is 80.5 Å². The average Bonchev–Trinajstić information content (AvgIpc) is 3.56. The van der Waals surface area contributed by atoms with Crippen molar-refractivity contribution >= 4 is 41.2 Å². The average molecular weight is 688 g/mol. The number of nitrogen functional groups attached to an aromatic ring is 1. The lowest BCUT2D eigenvalue weighted by atomic mass is 9.62. The van der Waals surface area contributed by atoms with Crippen LogP contribution in [-0.2, 0) is 9.59 Å². The maximum Gasteiger partial charge on any atom is 0.236 e. The highest BCUT2D eigenvalue weighted by Gasteiger charge is 2.48. The number of nitrogens with one attached hydrogen (secondary N) is 1. The third-order valence-corrected chi connectivity index (χ3v) is 10.3. The van der Waals surface area contributed by atoms with Crippen LogP contribution in [0.15, 0.2) is 40.4 Å². The zero-order valence-electron chi connectivity index (χ0n) is 30.1. The number of nitrogens with zero attached hydrogens (tertiary/aromatic N) is 8. The molecule has 2 aromatic rings. The van der Waals surface area contributed by atoms with Crippen LogP contribution in [-0.4, -0.2) is 126 Å². The van der Waals surface area contributed by atoms with Crippen LogP contribution in [0.25, 0.3) is 0 Å². The van der Waals surface area contributed by atoms with Gasteiger partial charge in [-0.15, -0.1) is 0 Å². The number of nitrogens with two attached hydrogens (primary N) is 2. The lowest BCUT2D eigenvalue weighted by Gasteiger charge is -2.52. The van der Waals surface area contributed by atoms with Crippen molar-refractivity contribution in [2.24, 2.45) is 27.1 Å². The molecule has 3 fully saturated rings. The van der Waals surface area contributed by atoms with Crippen molar-refractivity contribution < 1.29 is 14.3 Å². The number of anilines is 2. The van der Waals surface area contributed by atoms with E-state index in [1.807, 2.05) is 25.7 Å². The van der Waals surface area contributed by atoms with E-state index in [-0.39, 0.29) is 40.7 Å². The molecule has 5 N–H and O–H groups in total. The van der Waals surface area contributed by atoms with Crippen molar-refractivity contribution in [3.63, 3.8) is 0 Å². The Labute approximate surface area is 295 Å². The maximum absolute atomic E-state index is 13.8. The van der Waals surface area contributed by atoms with E-state index in [9.17, 15) is 9.59 Å². The largest absolute Gasteiger partial charge is 0.475 e. The molecule has 1 unspecified atom stereocenters. The smallest absolute Gasteiger partial charge is 0.236 e. The highest BCUT2D eigenvalue weighted by Crippen LogP contribution is 2.46. The molecular weight excluding hydrogens is 634 g/mol. The molecule has 2 aliphatic heterocycles. The predicted molar refractivity (Wildman–Crippen MR) is 197 cm³/mol. The minimum atomic E-state index is -0.253. The lowest BCUT2D eigenvalue weighted by Crippen LogP contribution is -2.60. The van der Waals surface area contributed by atoms with Crippen LogP contribution in [0.2, 0.25) is 0 Å². The molecule has 270 valence electrons. The zero-order valence-corrected chi connectivity index (χ0v) is 30.1. The second kappa shape index (κ2) is 16.1. The second-order valence-corrected chi connectivity index (χ2v) is 13.8. The lowest BCUT2D eigenvalue weighted by molar-refractivity contribution is -0.135. The number of amides is 2. The molecule has 1 atom stereocenters. The Kier molecular flexibility index (Phi) is 11.8. The fourth-order valence-electron chi connectivity index (χ4n) is 7.28. The molecule has 5 rings (SSSR count). The number of pyridine rings is 2. The van der Waals surface area contributed by atoms with Crippen molar-refractivity contribution in [2.75, 3.05) is 70.0 Å². The molecule has 0 aromatic carbocycles. The first-order valence-electron chi connectivity index (χ1n) is 17.8. The molecule has 3 aliphatic rings. The van der Waals surface area contributed by atoms with E-state index in [1.54, 1.807) is 42.4 Å². The Bertz CT molecular complexity index is 1580. The Morgan fingerprint density at radius 2 is 1.88 bits per heavy atom. The summed E-state index contributed by atoms with van der Waals surface area (Å²) in [6, 6.07) is 7.32. The summed E-state index contributed by atoms with van der Waals surface area (Å²) >= 11 is 0. The van der Waals surface area contributed by atoms with E-state index in [4.69, 9.17) is 21.6 Å². The van der Waals surface area contributed by atoms with Crippen molar-refractivity contribution in [1.82, 2.24) is 24.7 Å². The fraction of sp³-hybridized carbons (Fsp3) is 0.583. The van der Waals surface area contributed by atoms with Crippen LogP contribution in [0.3, 0.4) is 0 Å². The number of carbonyl (C=O) groups is 2. The van der Waals surface area contributed by atoms with Gasteiger partial charge in [0, 0.05) is 75.6 Å². The minimum absolute atomic E-state index is 0.0123. The topological polar surface area (TPSA) is 183 Å². The first kappa shape index (κ1) is 36.8. The van der Waals surface area contributed by atoms with Gasteiger partial charge in [-0.2, -0.15) is 0 Å². The molecule has 0 bridgehead atoms. The van der Waals surface area contributed by atoms with Gasteiger partial charge in [-0.25, -0.2) is 15.0 Å². The number of carbonyl (C=O) groups excluding carboxylic acids is 2. The first-order valence-corrected chi connectivity index (χ1v) is 17.8. The minimum Gasteiger partial charge on any atom is -0.475 e. The van der Waals surface area contributed by atoms with Crippen molar-refractivity contribution in [2.45, 2.75) is 65.5 Å². The van der Waals surface area contributed by atoms with Gasteiger partial charge >= 0.3 is 0 Å². The standard InChI is InChI=1S/C36H53N11O3/c1-6-36(35(39)42-23-40-5)18-27(19-36)45-14-16-46(17-15-45)31(48)22-44-13-12-26(21-44)34(49)47(7-2)29-10-9-28(37)33(43-29)32(38)25-8-11-30(41-20-25)50-24(3)4/h8-11,20,23-24,26-27,38H,6-7,12-19,21-22,37H2,1-5H3,(H2,39,40,42). The van der Waals surface area contributed by atoms with Gasteiger partial charge in [-0.3, -0.25) is 34.7 Å². The summed E-state index contributed by atoms with van der Waals surface area (Å²) in [5, 5.41) is 8.79. The van der Waals surface area contributed by atoms with Crippen molar-refractivity contribution in [3.8, 4) is 5.88 Å². The Hall–Kier alpha value is -4.43. The molecule has 2 amide bonds. The van der Waals surface area contributed by atoms with Gasteiger partial charge in [0.1, 0.15) is 23.7 Å². The van der Waals surface area contributed by atoms with Crippen LogP contribution < -0.4 is 21.1 Å². The molecule has 4 heterocycles. The number of aliphatic imine (C=N–C) groups is 2. The quantitative estimate of drug-likeness (QED) is 0.211. The highest BCUT2D eigenvalue weighted by molar-refractivity contribution is 6.12. The zero-order chi connectivity index (χ0) is 36.0. The number of ether oxygens (including phenoxy) is 1. The van der Waals surface area contributed by atoms with Crippen LogP contribution in [0.4, 0.5) is 11.5 Å². The number of hydrogen-bond acceptors (Lipinski definition) is 10. The number of piperazine rings is 1. The Morgan fingerprint density at radius 3 is 2.50 bits per heavy atom. The van der Waals surface area contributed by atoms with Crippen LogP contribution in [0.5, 0.6) is 5.88 Å². The van der Waals surface area contributed by atoms with Gasteiger partial charge in [-0.1, -0.05) is 6.92 Å². The monoisotopic (exact) mass is 687 g/mol. The van der Waals surface area contributed by atoms with E-state index in [1.165, 1.54) is 6.34 Å². The molecule has 1 aliphatic carbocycles. The summed E-state index contributed by atoms with van der Waals surface area (Å²) in [7, 11) is 1.69. The molecule has 14 heteroatoms. The number of hydrogen-bond donors (Lipinski definition) is 3. The summed E-state index contributed by atoms with van der Waals surface area (Å²) < 4.78 is 5.62. The number of amidine groups is 1. The summed E-state index contributed by atoms with van der Waals surface area (Å²) in [5.41, 5.74) is 13.8. The van der Waals surface area contributed by atoms with Crippen LogP contribution in [0.1, 0.15) is 64.6 Å². The van der Waals surface area contributed by atoms with E-state index in [2.05, 4.69) is 36.7 Å². The number of rotatable bonds is 13. The Morgan fingerprint density at radius 1 is 1.14 bits per heavy atom. The maximum atomic E-state index is 13.8. The van der Waals surface area contributed by atoms with Gasteiger partial charge in [0.25, 0.3) is 0 Å². The third kappa shape index (κ3) is 8.13. The normalized spacial score (nSPS) is 23.3. The van der Waals surface area contributed by atoms with Gasteiger partial charge in [0.2, 0.25) is 17.7 Å². The summed E-state index contributed by atoms with van der Waals surface area (Å²) in [6.45, 7) is 12.9. The molecule has 0 radical (unpaired) electrons. The summed E-state index contributed by atoms with van der Waals surface area (Å²) in [4.78, 5) is 52.5. The molecule has 14 nitrogen and oxygen atoms in total. The molecule has 2 saturated heterocycles. The van der Waals surface area contributed by atoms with Gasteiger partial charge < -0.3 is 21.1 Å². The van der Waals surface area contributed by atoms with Crippen LogP contribution >= 0.6 is 0 Å². The third-order valence-electron chi connectivity index (χ3n) is 10.3. The first-order chi connectivity index (χ1) is 24.0. The van der Waals surface area contributed by atoms with Gasteiger partial charge in [-0.05, 0) is 71.2 Å². The van der Waals surface area contributed by atoms with Crippen molar-refractivity contribution in [3.05, 3.63) is 41.7 Å². The summed E-state index contributed by atoms with van der Waals surface area (Å²) in [6.07, 6.45) is 6.66. The van der Waals surface area contributed by atoms with Crippen molar-refractivity contribution in [1.29, 1.82) is 5.41 Å². The molecule has 1 saturated carbocycles. The Balaban J connectivity index is 1.12. The fourth-order valence-corrected chi connectivity index (χ4v) is 7.28. The van der Waals surface area contributed by atoms with E-state index >= 15 is 0 Å². The molecular formula is C36H53N11O3. The van der Waals surface area contributed by atoms with E-state index < -0.39 is 0 Å². The molecule has 50 heavy (non-hydrogen) atoms. The second-order valence-electron chi connectivity index (χ2n) is 13.8. The van der Waals surface area contributed by atoms with Crippen LogP contribution in [0, 0.1) is 16.7 Å². The highest BCUT2D eigenvalue weighted by atomic mass is 16.5. The SMILES string of the molecule is CCN(C(=O)C1CCN(CC(=O)N2CCN(C3CC(CC)(C(N)=NC=NC)C3)CC2)C1)c1ccc(N)c(C(=N)c2ccc(OC(C)C)nc2)n1. The van der Waals surface area contributed by atoms with E-state index in [0.717, 1.165) is 32.4 Å². The number of likely N-dealkylation sites (tertiary alicyclic amines) is 1. The number of aromatic nitrogens is 2.